The maximum absolute atomic E-state index is 11.6. The van der Waals surface area contributed by atoms with Gasteiger partial charge < -0.3 is 14.7 Å². The van der Waals surface area contributed by atoms with E-state index in [9.17, 15) is 4.79 Å². The molecule has 0 spiro atoms. The van der Waals surface area contributed by atoms with Crippen LogP contribution in [0, 0.1) is 13.8 Å². The number of aliphatic hydroxyl groups excluding tert-OH is 1. The normalized spacial score (nSPS) is 10.4. The largest absolute Gasteiger partial charge is 0.496 e. The number of carbonyl (C=O) groups excluding carboxylic acids is 1. The lowest BCUT2D eigenvalue weighted by Crippen LogP contribution is -2.29. The highest BCUT2D eigenvalue weighted by atomic mass is 16.5. The summed E-state index contributed by atoms with van der Waals surface area (Å²) >= 11 is 0. The molecule has 0 aromatic heterocycles. The monoisotopic (exact) mass is 265 g/mol. The van der Waals surface area contributed by atoms with Crippen LogP contribution in [0.15, 0.2) is 12.1 Å². The molecule has 0 aliphatic carbocycles. The van der Waals surface area contributed by atoms with Crippen molar-refractivity contribution in [2.45, 2.75) is 26.7 Å². The average Bonchev–Trinajstić information content (AvgIpc) is 2.36. The minimum atomic E-state index is -0.101. The van der Waals surface area contributed by atoms with Crippen molar-refractivity contribution in [3.05, 3.63) is 28.8 Å². The van der Waals surface area contributed by atoms with Crippen molar-refractivity contribution in [3.8, 4) is 5.75 Å². The van der Waals surface area contributed by atoms with Crippen LogP contribution in [0.5, 0.6) is 5.75 Å². The van der Waals surface area contributed by atoms with E-state index in [4.69, 9.17) is 9.84 Å². The first-order chi connectivity index (χ1) is 8.99. The third kappa shape index (κ3) is 4.24. The van der Waals surface area contributed by atoms with E-state index in [1.807, 2.05) is 13.0 Å². The van der Waals surface area contributed by atoms with Gasteiger partial charge in [0.2, 0.25) is 5.91 Å². The molecule has 4 heteroatoms. The van der Waals surface area contributed by atoms with Crippen LogP contribution in [0.3, 0.4) is 0 Å². The molecule has 106 valence electrons. The molecule has 4 nitrogen and oxygen atoms in total. The summed E-state index contributed by atoms with van der Waals surface area (Å²) in [7, 11) is 3.42. The van der Waals surface area contributed by atoms with Gasteiger partial charge in [0.15, 0.2) is 0 Å². The van der Waals surface area contributed by atoms with Gasteiger partial charge in [0.25, 0.3) is 0 Å². The zero-order valence-corrected chi connectivity index (χ0v) is 12.2. The maximum atomic E-state index is 11.6. The number of ether oxygens (including phenoxy) is 1. The molecule has 1 amide bonds. The second-order valence-corrected chi connectivity index (χ2v) is 4.80. The third-order valence-electron chi connectivity index (χ3n) is 3.24. The first kappa shape index (κ1) is 15.5. The summed E-state index contributed by atoms with van der Waals surface area (Å²) < 4.78 is 5.40. The van der Waals surface area contributed by atoms with Crippen LogP contribution in [-0.4, -0.2) is 43.2 Å². The van der Waals surface area contributed by atoms with Gasteiger partial charge in [-0.05, 0) is 43.0 Å². The number of hydrogen-bond donors (Lipinski definition) is 1. The number of nitrogens with zero attached hydrogens (tertiary/aromatic N) is 1. The third-order valence-corrected chi connectivity index (χ3v) is 3.24. The molecule has 1 N–H and O–H groups in total. The Morgan fingerprint density at radius 2 is 2.05 bits per heavy atom. The van der Waals surface area contributed by atoms with Crippen molar-refractivity contribution in [1.82, 2.24) is 4.90 Å². The summed E-state index contributed by atoms with van der Waals surface area (Å²) in [6.07, 6.45) is 0.934. The quantitative estimate of drug-likeness (QED) is 0.851. The number of likely N-dealkylation sites (N-methyl/N-ethyl adjacent to an activating group) is 1. The van der Waals surface area contributed by atoms with E-state index >= 15 is 0 Å². The fourth-order valence-electron chi connectivity index (χ4n) is 2.15. The zero-order chi connectivity index (χ0) is 14.4. The summed E-state index contributed by atoms with van der Waals surface area (Å²) in [4.78, 5) is 13.2. The molecule has 0 saturated carbocycles. The molecule has 0 aliphatic heterocycles. The van der Waals surface area contributed by atoms with Gasteiger partial charge in [-0.25, -0.2) is 0 Å². The van der Waals surface area contributed by atoms with Gasteiger partial charge in [-0.3, -0.25) is 4.79 Å². The number of rotatable bonds is 6. The molecule has 0 fully saturated rings. The highest BCUT2D eigenvalue weighted by Gasteiger charge is 2.12. The maximum Gasteiger partial charge on any atom is 0.224 e. The molecule has 0 unspecified atom stereocenters. The molecule has 19 heavy (non-hydrogen) atoms. The van der Waals surface area contributed by atoms with E-state index in [0.717, 1.165) is 17.7 Å². The summed E-state index contributed by atoms with van der Waals surface area (Å²) in [6.45, 7) is 4.62. The van der Waals surface area contributed by atoms with Crippen molar-refractivity contribution in [1.29, 1.82) is 0 Å². The molecule has 1 aromatic rings. The predicted molar refractivity (Wildman–Crippen MR) is 75.5 cm³/mol. The fourth-order valence-corrected chi connectivity index (χ4v) is 2.15. The molecule has 1 aromatic carbocycles. The van der Waals surface area contributed by atoms with Crippen LogP contribution in [0.2, 0.25) is 0 Å². The summed E-state index contributed by atoms with van der Waals surface area (Å²) in [5.41, 5.74) is 3.49. The lowest BCUT2D eigenvalue weighted by Gasteiger charge is -2.19. The predicted octanol–water partition coefficient (Wildman–Crippen LogP) is 1.70. The Hall–Kier alpha value is -1.55. The molecule has 0 bridgehead atoms. The van der Waals surface area contributed by atoms with Crippen LogP contribution in [0.1, 0.15) is 23.1 Å². The number of aliphatic hydroxyl groups is 1. The first-order valence-corrected chi connectivity index (χ1v) is 6.48. The molecule has 0 atom stereocenters. The average molecular weight is 265 g/mol. The highest BCUT2D eigenvalue weighted by Crippen LogP contribution is 2.24. The molecule has 0 saturated heterocycles. The van der Waals surface area contributed by atoms with E-state index in [2.05, 4.69) is 13.0 Å². The van der Waals surface area contributed by atoms with Gasteiger partial charge in [0, 0.05) is 20.0 Å². The Morgan fingerprint density at radius 3 is 2.63 bits per heavy atom. The van der Waals surface area contributed by atoms with Crippen LogP contribution in [0.4, 0.5) is 0 Å². The lowest BCUT2D eigenvalue weighted by molar-refractivity contribution is -0.130. The Labute approximate surface area is 115 Å². The second kappa shape index (κ2) is 7.14. The SMILES string of the molecule is COc1cc(C)cc(C)c1CCN(C)C(=O)CCO. The van der Waals surface area contributed by atoms with Gasteiger partial charge in [-0.2, -0.15) is 0 Å². The molecule has 1 rings (SSSR count). The van der Waals surface area contributed by atoms with Gasteiger partial charge in [0.1, 0.15) is 5.75 Å². The molecule has 0 heterocycles. The number of benzene rings is 1. The van der Waals surface area contributed by atoms with Gasteiger partial charge in [-0.1, -0.05) is 6.07 Å². The minimum absolute atomic E-state index is 0.0359. The molecule has 0 aliphatic rings. The van der Waals surface area contributed by atoms with Crippen molar-refractivity contribution < 1.29 is 14.6 Å². The topological polar surface area (TPSA) is 49.8 Å². The number of hydrogen-bond acceptors (Lipinski definition) is 3. The van der Waals surface area contributed by atoms with E-state index in [0.29, 0.717) is 6.54 Å². The van der Waals surface area contributed by atoms with Gasteiger partial charge in [0.05, 0.1) is 13.7 Å². The van der Waals surface area contributed by atoms with E-state index in [1.54, 1.807) is 19.1 Å². The smallest absolute Gasteiger partial charge is 0.224 e. The van der Waals surface area contributed by atoms with Gasteiger partial charge >= 0.3 is 0 Å². The van der Waals surface area contributed by atoms with Crippen LogP contribution < -0.4 is 4.74 Å². The Bertz CT molecular complexity index is 443. The minimum Gasteiger partial charge on any atom is -0.496 e. The summed E-state index contributed by atoms with van der Waals surface area (Å²) in [5, 5.41) is 8.76. The van der Waals surface area contributed by atoms with Crippen LogP contribution in [-0.2, 0) is 11.2 Å². The summed E-state index contributed by atoms with van der Waals surface area (Å²) in [5.74, 6) is 0.840. The Kier molecular flexibility index (Phi) is 5.83. The second-order valence-electron chi connectivity index (χ2n) is 4.80. The van der Waals surface area contributed by atoms with Crippen LogP contribution >= 0.6 is 0 Å². The number of amides is 1. The molecular formula is C15H23NO3. The van der Waals surface area contributed by atoms with Gasteiger partial charge in [-0.15, -0.1) is 0 Å². The summed E-state index contributed by atoms with van der Waals surface area (Å²) in [6, 6.07) is 4.13. The van der Waals surface area contributed by atoms with E-state index < -0.39 is 0 Å². The van der Waals surface area contributed by atoms with E-state index in [-0.39, 0.29) is 18.9 Å². The Morgan fingerprint density at radius 1 is 1.37 bits per heavy atom. The number of carbonyl (C=O) groups is 1. The molecular weight excluding hydrogens is 242 g/mol. The van der Waals surface area contributed by atoms with Crippen molar-refractivity contribution in [2.24, 2.45) is 0 Å². The number of methoxy groups -OCH3 is 1. The van der Waals surface area contributed by atoms with Crippen molar-refractivity contribution in [3.63, 3.8) is 0 Å². The Balaban J connectivity index is 2.75. The van der Waals surface area contributed by atoms with Crippen molar-refractivity contribution >= 4 is 5.91 Å². The molecule has 0 radical (unpaired) electrons. The first-order valence-electron chi connectivity index (χ1n) is 6.48. The van der Waals surface area contributed by atoms with E-state index in [1.165, 1.54) is 11.1 Å². The number of aryl methyl sites for hydroxylation is 2. The zero-order valence-electron chi connectivity index (χ0n) is 12.2. The van der Waals surface area contributed by atoms with Crippen LogP contribution in [0.25, 0.3) is 0 Å². The fraction of sp³-hybridized carbons (Fsp3) is 0.533. The highest BCUT2D eigenvalue weighted by molar-refractivity contribution is 5.75. The standard InChI is InChI=1S/C15H23NO3/c1-11-9-12(2)13(14(10-11)19-4)5-7-16(3)15(18)6-8-17/h9-10,17H,5-8H2,1-4H3. The lowest BCUT2D eigenvalue weighted by atomic mass is 10.0. The van der Waals surface area contributed by atoms with Crippen molar-refractivity contribution in [2.75, 3.05) is 27.3 Å².